The van der Waals surface area contributed by atoms with Gasteiger partial charge < -0.3 is 14.4 Å². The van der Waals surface area contributed by atoms with E-state index in [-0.39, 0.29) is 5.79 Å². The molecule has 0 atom stereocenters. The van der Waals surface area contributed by atoms with Gasteiger partial charge in [0.25, 0.3) is 0 Å². The van der Waals surface area contributed by atoms with Crippen LogP contribution in [-0.2, 0) is 9.47 Å². The standard InChI is InChI=1S/C13H23NO2/c1-2-9-14(8-1)12-4-6-13(7-5-12)15-10-3-11-16-13/h12H,1-11H2. The van der Waals surface area contributed by atoms with E-state index in [1.807, 2.05) is 0 Å². The van der Waals surface area contributed by atoms with Gasteiger partial charge in [-0.3, -0.25) is 0 Å². The third kappa shape index (κ3) is 2.13. The molecule has 2 aliphatic heterocycles. The van der Waals surface area contributed by atoms with Gasteiger partial charge in [-0.15, -0.1) is 0 Å². The number of nitrogens with zero attached hydrogens (tertiary/aromatic N) is 1. The van der Waals surface area contributed by atoms with E-state index in [0.29, 0.717) is 0 Å². The van der Waals surface area contributed by atoms with Gasteiger partial charge in [0.2, 0.25) is 0 Å². The summed E-state index contributed by atoms with van der Waals surface area (Å²) >= 11 is 0. The Morgan fingerprint density at radius 3 is 2.12 bits per heavy atom. The first-order valence-electron chi connectivity index (χ1n) is 6.90. The normalized spacial score (nSPS) is 32.2. The number of likely N-dealkylation sites (tertiary alicyclic amines) is 1. The van der Waals surface area contributed by atoms with E-state index in [4.69, 9.17) is 9.47 Å². The Morgan fingerprint density at radius 2 is 1.50 bits per heavy atom. The lowest BCUT2D eigenvalue weighted by Gasteiger charge is -2.44. The molecule has 0 aromatic carbocycles. The Morgan fingerprint density at radius 1 is 0.875 bits per heavy atom. The molecule has 0 amide bonds. The maximum absolute atomic E-state index is 5.88. The van der Waals surface area contributed by atoms with Crippen molar-refractivity contribution in [1.29, 1.82) is 0 Å². The van der Waals surface area contributed by atoms with Gasteiger partial charge in [-0.1, -0.05) is 0 Å². The summed E-state index contributed by atoms with van der Waals surface area (Å²) in [6.45, 7) is 4.43. The molecule has 0 aromatic rings. The molecule has 0 bridgehead atoms. The third-order valence-corrected chi connectivity index (χ3v) is 4.39. The molecule has 1 spiro atoms. The van der Waals surface area contributed by atoms with Crippen molar-refractivity contribution in [3.63, 3.8) is 0 Å². The van der Waals surface area contributed by atoms with E-state index in [9.17, 15) is 0 Å². The van der Waals surface area contributed by atoms with Crippen LogP contribution in [0.2, 0.25) is 0 Å². The molecular weight excluding hydrogens is 202 g/mol. The first-order valence-corrected chi connectivity index (χ1v) is 6.90. The van der Waals surface area contributed by atoms with Crippen LogP contribution in [0.5, 0.6) is 0 Å². The Kier molecular flexibility index (Phi) is 3.18. The first kappa shape index (κ1) is 11.0. The predicted molar refractivity (Wildman–Crippen MR) is 62.3 cm³/mol. The smallest absolute Gasteiger partial charge is 0.168 e. The summed E-state index contributed by atoms with van der Waals surface area (Å²) in [5, 5.41) is 0. The quantitative estimate of drug-likeness (QED) is 0.682. The molecule has 3 nitrogen and oxygen atoms in total. The molecule has 0 N–H and O–H groups in total. The maximum atomic E-state index is 5.88. The zero-order chi connectivity index (χ0) is 10.8. The molecule has 0 radical (unpaired) electrons. The summed E-state index contributed by atoms with van der Waals surface area (Å²) in [4.78, 5) is 2.68. The Labute approximate surface area is 98.1 Å². The first-order chi connectivity index (χ1) is 7.88. The molecule has 3 aliphatic rings. The van der Waals surface area contributed by atoms with Gasteiger partial charge in [0.1, 0.15) is 0 Å². The largest absolute Gasteiger partial charge is 0.350 e. The van der Waals surface area contributed by atoms with E-state index in [0.717, 1.165) is 38.5 Å². The van der Waals surface area contributed by atoms with Crippen molar-refractivity contribution in [3.8, 4) is 0 Å². The average molecular weight is 225 g/mol. The van der Waals surface area contributed by atoms with Gasteiger partial charge in [0, 0.05) is 18.9 Å². The Hall–Kier alpha value is -0.120. The molecule has 3 fully saturated rings. The van der Waals surface area contributed by atoms with Crippen LogP contribution < -0.4 is 0 Å². The fraction of sp³-hybridized carbons (Fsp3) is 1.00. The lowest BCUT2D eigenvalue weighted by Crippen LogP contribution is -2.47. The highest BCUT2D eigenvalue weighted by Gasteiger charge is 2.40. The average Bonchev–Trinajstić information content (AvgIpc) is 2.85. The lowest BCUT2D eigenvalue weighted by atomic mass is 9.88. The molecule has 3 rings (SSSR count). The lowest BCUT2D eigenvalue weighted by molar-refractivity contribution is -0.283. The molecule has 3 heteroatoms. The highest BCUT2D eigenvalue weighted by molar-refractivity contribution is 4.87. The topological polar surface area (TPSA) is 21.7 Å². The minimum absolute atomic E-state index is 0.186. The van der Waals surface area contributed by atoms with Gasteiger partial charge >= 0.3 is 0 Å². The number of hydrogen-bond donors (Lipinski definition) is 0. The highest BCUT2D eigenvalue weighted by atomic mass is 16.7. The fourth-order valence-corrected chi connectivity index (χ4v) is 3.42. The van der Waals surface area contributed by atoms with Crippen molar-refractivity contribution in [2.45, 2.75) is 56.8 Å². The summed E-state index contributed by atoms with van der Waals surface area (Å²) in [5.74, 6) is -0.186. The molecule has 2 heterocycles. The molecule has 16 heavy (non-hydrogen) atoms. The molecular formula is C13H23NO2. The summed E-state index contributed by atoms with van der Waals surface area (Å²) in [7, 11) is 0. The molecule has 1 saturated carbocycles. The second kappa shape index (κ2) is 4.63. The number of hydrogen-bond acceptors (Lipinski definition) is 3. The number of ether oxygens (including phenoxy) is 2. The van der Waals surface area contributed by atoms with Gasteiger partial charge in [0.15, 0.2) is 5.79 Å². The van der Waals surface area contributed by atoms with Crippen LogP contribution in [0.1, 0.15) is 44.9 Å². The van der Waals surface area contributed by atoms with Crippen LogP contribution >= 0.6 is 0 Å². The summed E-state index contributed by atoms with van der Waals surface area (Å²) in [5.41, 5.74) is 0. The monoisotopic (exact) mass is 225 g/mol. The molecule has 2 saturated heterocycles. The summed E-state index contributed by atoms with van der Waals surface area (Å²) in [6.07, 6.45) is 8.60. The maximum Gasteiger partial charge on any atom is 0.168 e. The molecule has 0 aromatic heterocycles. The molecule has 92 valence electrons. The van der Waals surface area contributed by atoms with E-state index in [1.54, 1.807) is 0 Å². The third-order valence-electron chi connectivity index (χ3n) is 4.39. The van der Waals surface area contributed by atoms with Crippen LogP contribution in [0.25, 0.3) is 0 Å². The highest BCUT2D eigenvalue weighted by Crippen LogP contribution is 2.37. The zero-order valence-corrected chi connectivity index (χ0v) is 10.1. The number of rotatable bonds is 1. The predicted octanol–water partition coefficient (Wildman–Crippen LogP) is 2.16. The van der Waals surface area contributed by atoms with Gasteiger partial charge in [-0.2, -0.15) is 0 Å². The van der Waals surface area contributed by atoms with Crippen molar-refractivity contribution < 1.29 is 9.47 Å². The van der Waals surface area contributed by atoms with Crippen LogP contribution in [0.3, 0.4) is 0 Å². The second-order valence-electron chi connectivity index (χ2n) is 5.44. The van der Waals surface area contributed by atoms with Crippen molar-refractivity contribution in [2.24, 2.45) is 0 Å². The van der Waals surface area contributed by atoms with Crippen molar-refractivity contribution in [3.05, 3.63) is 0 Å². The minimum atomic E-state index is -0.186. The Bertz CT molecular complexity index is 222. The summed E-state index contributed by atoms with van der Waals surface area (Å²) < 4.78 is 11.8. The van der Waals surface area contributed by atoms with Crippen LogP contribution in [0.4, 0.5) is 0 Å². The van der Waals surface area contributed by atoms with E-state index in [2.05, 4.69) is 4.90 Å². The van der Waals surface area contributed by atoms with E-state index < -0.39 is 0 Å². The van der Waals surface area contributed by atoms with Crippen LogP contribution in [-0.4, -0.2) is 43.0 Å². The zero-order valence-electron chi connectivity index (χ0n) is 10.1. The fourth-order valence-electron chi connectivity index (χ4n) is 3.42. The van der Waals surface area contributed by atoms with E-state index in [1.165, 1.54) is 38.8 Å². The van der Waals surface area contributed by atoms with Crippen LogP contribution in [0.15, 0.2) is 0 Å². The minimum Gasteiger partial charge on any atom is -0.350 e. The van der Waals surface area contributed by atoms with Crippen molar-refractivity contribution >= 4 is 0 Å². The van der Waals surface area contributed by atoms with Crippen LogP contribution in [0, 0.1) is 0 Å². The van der Waals surface area contributed by atoms with Gasteiger partial charge in [-0.25, -0.2) is 0 Å². The second-order valence-corrected chi connectivity index (χ2v) is 5.44. The SMILES string of the molecule is C1COC2(CCC(N3CCCC3)CC2)OC1. The summed E-state index contributed by atoms with van der Waals surface area (Å²) in [6, 6.07) is 0.808. The van der Waals surface area contributed by atoms with Crippen molar-refractivity contribution in [2.75, 3.05) is 26.3 Å². The Balaban J connectivity index is 1.54. The molecule has 1 aliphatic carbocycles. The van der Waals surface area contributed by atoms with Gasteiger partial charge in [-0.05, 0) is 45.2 Å². The van der Waals surface area contributed by atoms with Crippen molar-refractivity contribution in [1.82, 2.24) is 4.90 Å². The van der Waals surface area contributed by atoms with E-state index >= 15 is 0 Å². The van der Waals surface area contributed by atoms with Gasteiger partial charge in [0.05, 0.1) is 13.2 Å². The molecule has 0 unspecified atom stereocenters.